The second-order valence-corrected chi connectivity index (χ2v) is 0.965. The molecule has 0 aliphatic rings. The molecule has 1 nitrogen and oxygen atoms in total. The summed E-state index contributed by atoms with van der Waals surface area (Å²) in [5, 5.41) is 0. The fraction of sp³-hybridized carbons (Fsp3) is 0. The van der Waals surface area contributed by atoms with E-state index < -0.39 is 0 Å². The Morgan fingerprint density at radius 1 is 1.83 bits per heavy atom. The molecule has 0 amide bonds. The predicted molar refractivity (Wildman–Crippen MR) is 21.0 cm³/mol. The minimum atomic E-state index is -0.356. The summed E-state index contributed by atoms with van der Waals surface area (Å²) in [6.45, 7) is 3.12. The molecule has 0 spiro atoms. The molecule has 0 rings (SSSR count). The Kier molecular flexibility index (Phi) is 9.29. The number of hydrogen-bond donors (Lipinski definition) is 0. The maximum atomic E-state index is 9.53. The Morgan fingerprint density at radius 3 is 2.00 bits per heavy atom. The molecular formula is C3H3MgNiO. The number of carbonyl (C=O) groups excluding carboxylic acids is 1. The topological polar surface area (TPSA) is 17.1 Å². The smallest absolute Gasteiger partial charge is 0 e. The van der Waals surface area contributed by atoms with Crippen LogP contribution in [0.5, 0.6) is 0 Å². The van der Waals surface area contributed by atoms with Crippen LogP contribution in [0.2, 0.25) is 0 Å². The summed E-state index contributed by atoms with van der Waals surface area (Å²) in [5.41, 5.74) is 0. The molecule has 0 fully saturated rings. The molecule has 0 N–H and O–H groups in total. The third kappa shape index (κ3) is 8.82. The van der Waals surface area contributed by atoms with Gasteiger partial charge < -0.3 is 0 Å². The molecule has 0 aliphatic carbocycles. The first-order valence-electron chi connectivity index (χ1n) is 1.06. The maximum Gasteiger partial charge on any atom is 0 e. The van der Waals surface area contributed by atoms with Crippen LogP contribution in [0.4, 0.5) is 0 Å². The Morgan fingerprint density at radius 2 is 2.00 bits per heavy atom. The first kappa shape index (κ1) is 9.83. The molecule has 0 aliphatic heterocycles. The Bertz CT molecular complexity index is 61.8. The van der Waals surface area contributed by atoms with Gasteiger partial charge in [-0.2, -0.15) is 0 Å². The van der Waals surface area contributed by atoms with E-state index in [2.05, 4.69) is 22.0 Å². The van der Waals surface area contributed by atoms with Crippen LogP contribution in [0.3, 0.4) is 0 Å². The minimum Gasteiger partial charge on any atom is 0 e. The van der Waals surface area contributed by atoms with Crippen LogP contribution in [-0.2, 0) is 20.3 Å². The van der Waals surface area contributed by atoms with Crippen LogP contribution in [0.1, 0.15) is 0 Å². The van der Waals surface area contributed by atoms with Crippen LogP contribution in [0, 0.1) is 0 Å². The van der Waals surface area contributed by atoms with Gasteiger partial charge in [-0.25, -0.2) is 0 Å². The van der Waals surface area contributed by atoms with Gasteiger partial charge in [0.15, 0.2) is 0 Å². The summed E-state index contributed by atoms with van der Waals surface area (Å²) >= 11 is 3.77. The van der Waals surface area contributed by atoms with Crippen molar-refractivity contribution in [2.75, 3.05) is 0 Å². The Labute approximate surface area is 60.7 Å². The second kappa shape index (κ2) is 5.67. The fourth-order valence-electron chi connectivity index (χ4n) is 0. The third-order valence-electron chi connectivity index (χ3n) is 0.148. The average Bonchev–Trinajstić information content (AvgIpc) is 1.38. The summed E-state index contributed by atoms with van der Waals surface area (Å²) in [7, 11) is 0. The third-order valence-corrected chi connectivity index (χ3v) is 0.349. The first-order chi connectivity index (χ1) is 2.27. The number of hydrogen-bond acceptors (Lipinski definition) is 1. The van der Waals surface area contributed by atoms with E-state index in [9.17, 15) is 4.79 Å². The molecule has 3 heteroatoms. The molecule has 33 valence electrons. The SMILES string of the molecule is C=C[C](=O)[Ni].[Mg]. The van der Waals surface area contributed by atoms with Gasteiger partial charge in [0, 0.05) is 23.1 Å². The van der Waals surface area contributed by atoms with Crippen molar-refractivity contribution in [3.8, 4) is 0 Å². The van der Waals surface area contributed by atoms with Crippen molar-refractivity contribution >= 4 is 27.8 Å². The van der Waals surface area contributed by atoms with Crippen LogP contribution in [0.15, 0.2) is 12.7 Å². The maximum absolute atomic E-state index is 9.53. The van der Waals surface area contributed by atoms with Crippen molar-refractivity contribution in [3.63, 3.8) is 0 Å². The van der Waals surface area contributed by atoms with E-state index in [4.69, 9.17) is 0 Å². The van der Waals surface area contributed by atoms with E-state index in [1.165, 1.54) is 0 Å². The number of carbonyl (C=O) groups is 1. The van der Waals surface area contributed by atoms with E-state index in [1.54, 1.807) is 0 Å². The molecule has 0 saturated carbocycles. The van der Waals surface area contributed by atoms with E-state index in [1.807, 2.05) is 0 Å². The summed E-state index contributed by atoms with van der Waals surface area (Å²) in [5.74, 6) is 0. The Hall–Kier alpha value is 0.670. The van der Waals surface area contributed by atoms with Crippen molar-refractivity contribution in [1.82, 2.24) is 0 Å². The van der Waals surface area contributed by atoms with Gasteiger partial charge in [0.2, 0.25) is 0 Å². The Balaban J connectivity index is 0. The standard InChI is InChI=1S/C3H3O.Mg.Ni/c1-2-3-4;;/h2H,1H2;;. The normalized spacial score (nSPS) is 5.67. The zero-order valence-corrected chi connectivity index (χ0v) is 5.62. The zero-order valence-electron chi connectivity index (χ0n) is 3.22. The van der Waals surface area contributed by atoms with Gasteiger partial charge in [-0.1, -0.05) is 0 Å². The minimum absolute atomic E-state index is 0. The molecular weight excluding hydrogens is 135 g/mol. The molecule has 0 heterocycles. The number of allylic oxidation sites excluding steroid dienone is 1. The van der Waals surface area contributed by atoms with Gasteiger partial charge in [0.05, 0.1) is 0 Å². The molecule has 0 bridgehead atoms. The van der Waals surface area contributed by atoms with E-state index >= 15 is 0 Å². The molecule has 2 radical (unpaired) electrons. The average molecular weight is 138 g/mol. The molecule has 0 saturated heterocycles. The summed E-state index contributed by atoms with van der Waals surface area (Å²) in [6.07, 6.45) is 1.11. The zero-order chi connectivity index (χ0) is 4.28. The van der Waals surface area contributed by atoms with Crippen LogP contribution in [0.25, 0.3) is 0 Å². The first-order valence-corrected chi connectivity index (χ1v) is 1.55. The summed E-state index contributed by atoms with van der Waals surface area (Å²) < 4.78 is -0.356. The van der Waals surface area contributed by atoms with Gasteiger partial charge >= 0.3 is 37.7 Å². The molecule has 0 aromatic carbocycles. The molecule has 0 aromatic rings. The van der Waals surface area contributed by atoms with Crippen molar-refractivity contribution in [2.45, 2.75) is 0 Å². The van der Waals surface area contributed by atoms with Gasteiger partial charge in [0.1, 0.15) is 0 Å². The van der Waals surface area contributed by atoms with Crippen molar-refractivity contribution < 1.29 is 20.3 Å². The van der Waals surface area contributed by atoms with E-state index in [0.717, 1.165) is 6.08 Å². The number of rotatable bonds is 1. The van der Waals surface area contributed by atoms with Gasteiger partial charge in [-0.15, -0.1) is 0 Å². The quantitative estimate of drug-likeness (QED) is 0.364. The van der Waals surface area contributed by atoms with Gasteiger partial charge in [-0.3, -0.25) is 0 Å². The second-order valence-electron chi connectivity index (χ2n) is 0.478. The molecule has 0 aromatic heterocycles. The van der Waals surface area contributed by atoms with Crippen molar-refractivity contribution in [3.05, 3.63) is 12.7 Å². The van der Waals surface area contributed by atoms with E-state index in [0.29, 0.717) is 0 Å². The van der Waals surface area contributed by atoms with Crippen LogP contribution < -0.4 is 0 Å². The molecule has 0 atom stereocenters. The van der Waals surface area contributed by atoms with Gasteiger partial charge in [-0.05, 0) is 0 Å². The van der Waals surface area contributed by atoms with Crippen LogP contribution >= 0.6 is 0 Å². The van der Waals surface area contributed by atoms with Gasteiger partial charge in [0.25, 0.3) is 0 Å². The molecule has 6 heavy (non-hydrogen) atoms. The summed E-state index contributed by atoms with van der Waals surface area (Å²) in [4.78, 5) is 9.53. The van der Waals surface area contributed by atoms with Crippen molar-refractivity contribution in [1.29, 1.82) is 0 Å². The summed E-state index contributed by atoms with van der Waals surface area (Å²) in [6, 6.07) is 0. The largest absolute Gasteiger partial charge is 0 e. The molecule has 0 unspecified atom stereocenters. The monoisotopic (exact) mass is 137 g/mol. The predicted octanol–water partition coefficient (Wildman–Crippen LogP) is -0.135. The fourth-order valence-corrected chi connectivity index (χ4v) is 0. The van der Waals surface area contributed by atoms with Crippen molar-refractivity contribution in [2.24, 2.45) is 0 Å². The van der Waals surface area contributed by atoms with E-state index in [-0.39, 0.29) is 27.8 Å². The van der Waals surface area contributed by atoms with Crippen LogP contribution in [-0.4, -0.2) is 27.8 Å².